The molecule has 1 unspecified atom stereocenters. The van der Waals surface area contributed by atoms with Gasteiger partial charge in [-0.25, -0.2) is 0 Å². The monoisotopic (exact) mass is 412 g/mol. The topological polar surface area (TPSA) is 60.7 Å². The van der Waals surface area contributed by atoms with Gasteiger partial charge in [-0.3, -0.25) is 0 Å². The highest BCUT2D eigenvalue weighted by atomic mass is 16.3. The summed E-state index contributed by atoms with van der Waals surface area (Å²) >= 11 is 0. The van der Waals surface area contributed by atoms with Crippen LogP contribution in [0.2, 0.25) is 0 Å². The molecule has 4 aliphatic carbocycles. The van der Waals surface area contributed by atoms with Crippen molar-refractivity contribution in [2.75, 3.05) is 0 Å². The lowest BCUT2D eigenvalue weighted by atomic mass is 9.61. The van der Waals surface area contributed by atoms with Crippen LogP contribution in [0.15, 0.2) is 47.6 Å². The van der Waals surface area contributed by atoms with Gasteiger partial charge in [0.05, 0.1) is 18.3 Å². The molecule has 0 bridgehead atoms. The minimum atomic E-state index is -0.621. The fraction of sp³-hybridized carbons (Fsp3) is 0.704. The molecule has 4 saturated carbocycles. The highest BCUT2D eigenvalue weighted by Gasteiger charge is 2.50. The fourth-order valence-electron chi connectivity index (χ4n) is 6.63. The third-order valence-corrected chi connectivity index (χ3v) is 8.65. The lowest BCUT2D eigenvalue weighted by Crippen LogP contribution is -2.35. The van der Waals surface area contributed by atoms with Crippen molar-refractivity contribution >= 4 is 0 Å². The Kier molecular flexibility index (Phi) is 6.44. The predicted molar refractivity (Wildman–Crippen MR) is 122 cm³/mol. The molecular formula is C27H40O3. The first-order valence-electron chi connectivity index (χ1n) is 12.1. The van der Waals surface area contributed by atoms with Crippen molar-refractivity contribution in [3.8, 4) is 0 Å². The largest absolute Gasteiger partial charge is 0.393 e. The quantitative estimate of drug-likeness (QED) is 0.551. The first-order chi connectivity index (χ1) is 14.3. The van der Waals surface area contributed by atoms with Gasteiger partial charge in [0.2, 0.25) is 0 Å². The summed E-state index contributed by atoms with van der Waals surface area (Å²) in [6.07, 6.45) is 16.9. The molecule has 0 heterocycles. The zero-order valence-corrected chi connectivity index (χ0v) is 18.8. The van der Waals surface area contributed by atoms with Crippen LogP contribution in [0.1, 0.15) is 71.6 Å². The van der Waals surface area contributed by atoms with Crippen molar-refractivity contribution in [1.82, 2.24) is 0 Å². The molecule has 3 nitrogen and oxygen atoms in total. The van der Waals surface area contributed by atoms with E-state index >= 15 is 0 Å². The van der Waals surface area contributed by atoms with E-state index in [1.165, 1.54) is 44.1 Å². The number of aliphatic hydroxyl groups is 3. The zero-order valence-electron chi connectivity index (χ0n) is 18.8. The number of rotatable bonds is 5. The Hall–Kier alpha value is -1.16. The Labute approximate surface area is 182 Å². The molecule has 3 heteroatoms. The third kappa shape index (κ3) is 4.40. The number of aliphatic hydroxyl groups excluding tert-OH is 3. The highest BCUT2D eigenvalue weighted by Crippen LogP contribution is 2.59. The van der Waals surface area contributed by atoms with Gasteiger partial charge < -0.3 is 15.3 Å². The fourth-order valence-corrected chi connectivity index (χ4v) is 6.63. The molecule has 0 aromatic carbocycles. The number of fused-ring (bicyclic) bond motifs is 1. The van der Waals surface area contributed by atoms with Crippen LogP contribution in [0.4, 0.5) is 0 Å². The maximum absolute atomic E-state index is 10.2. The van der Waals surface area contributed by atoms with Crippen LogP contribution in [-0.2, 0) is 0 Å². The van der Waals surface area contributed by atoms with E-state index in [-0.39, 0.29) is 6.10 Å². The summed E-state index contributed by atoms with van der Waals surface area (Å²) in [5.74, 6) is 2.28. The first kappa shape index (κ1) is 22.0. The molecule has 7 atom stereocenters. The van der Waals surface area contributed by atoms with Crippen molar-refractivity contribution < 1.29 is 15.3 Å². The summed E-state index contributed by atoms with van der Waals surface area (Å²) in [7, 11) is 0. The maximum Gasteiger partial charge on any atom is 0.0811 e. The zero-order chi connectivity index (χ0) is 21.5. The van der Waals surface area contributed by atoms with Crippen molar-refractivity contribution in [2.45, 2.75) is 89.9 Å². The SMILES string of the molecule is C=C1/C(=C/C=C2\CCC[C@@]3(C)[C@@H]2CC[C@@H]3[C@@H](C)/C=C/C(O)C2CC2)C[C@H](O)C[C@@H]1O. The van der Waals surface area contributed by atoms with Crippen LogP contribution in [0, 0.1) is 29.1 Å². The van der Waals surface area contributed by atoms with E-state index in [9.17, 15) is 15.3 Å². The van der Waals surface area contributed by atoms with Gasteiger partial charge in [-0.2, -0.15) is 0 Å². The van der Waals surface area contributed by atoms with Gasteiger partial charge in [0.1, 0.15) is 0 Å². The Morgan fingerprint density at radius 2 is 1.87 bits per heavy atom. The molecule has 4 rings (SSSR count). The van der Waals surface area contributed by atoms with Crippen LogP contribution < -0.4 is 0 Å². The maximum atomic E-state index is 10.2. The summed E-state index contributed by atoms with van der Waals surface area (Å²) in [6, 6.07) is 0. The molecule has 0 aromatic heterocycles. The molecular weight excluding hydrogens is 372 g/mol. The minimum absolute atomic E-state index is 0.250. The Bertz CT molecular complexity index is 743. The van der Waals surface area contributed by atoms with Crippen LogP contribution in [0.3, 0.4) is 0 Å². The molecule has 4 fully saturated rings. The second-order valence-electron chi connectivity index (χ2n) is 10.7. The molecule has 30 heavy (non-hydrogen) atoms. The lowest BCUT2D eigenvalue weighted by molar-refractivity contribution is 0.0862. The summed E-state index contributed by atoms with van der Waals surface area (Å²) in [5, 5.41) is 30.4. The number of allylic oxidation sites excluding steroid dienone is 4. The van der Waals surface area contributed by atoms with E-state index in [1.807, 2.05) is 0 Å². The van der Waals surface area contributed by atoms with Gasteiger partial charge in [0.15, 0.2) is 0 Å². The van der Waals surface area contributed by atoms with Gasteiger partial charge in [0.25, 0.3) is 0 Å². The van der Waals surface area contributed by atoms with Gasteiger partial charge >= 0.3 is 0 Å². The molecule has 166 valence electrons. The summed E-state index contributed by atoms with van der Waals surface area (Å²) < 4.78 is 0. The molecule has 3 N–H and O–H groups in total. The van der Waals surface area contributed by atoms with Gasteiger partial charge in [-0.1, -0.05) is 50.3 Å². The Morgan fingerprint density at radius 1 is 1.10 bits per heavy atom. The van der Waals surface area contributed by atoms with Crippen LogP contribution in [0.25, 0.3) is 0 Å². The van der Waals surface area contributed by atoms with E-state index in [1.54, 1.807) is 0 Å². The molecule has 0 spiro atoms. The average molecular weight is 413 g/mol. The van der Waals surface area contributed by atoms with E-state index in [4.69, 9.17) is 0 Å². The van der Waals surface area contributed by atoms with Crippen LogP contribution in [0.5, 0.6) is 0 Å². The Balaban J connectivity index is 1.48. The van der Waals surface area contributed by atoms with Crippen molar-refractivity contribution in [3.63, 3.8) is 0 Å². The van der Waals surface area contributed by atoms with E-state index in [0.717, 1.165) is 17.6 Å². The van der Waals surface area contributed by atoms with Crippen molar-refractivity contribution in [2.24, 2.45) is 29.1 Å². The van der Waals surface area contributed by atoms with Crippen LogP contribution in [-0.4, -0.2) is 33.6 Å². The molecule has 4 aliphatic rings. The number of hydrogen-bond acceptors (Lipinski definition) is 3. The van der Waals surface area contributed by atoms with E-state index in [2.05, 4.69) is 44.7 Å². The van der Waals surface area contributed by atoms with Crippen molar-refractivity contribution in [3.05, 3.63) is 47.6 Å². The Morgan fingerprint density at radius 3 is 2.60 bits per heavy atom. The smallest absolute Gasteiger partial charge is 0.0811 e. The summed E-state index contributed by atoms with van der Waals surface area (Å²) in [6.45, 7) is 8.88. The summed E-state index contributed by atoms with van der Waals surface area (Å²) in [5.41, 5.74) is 3.63. The van der Waals surface area contributed by atoms with Crippen LogP contribution >= 0.6 is 0 Å². The van der Waals surface area contributed by atoms with Gasteiger partial charge in [-0.15, -0.1) is 0 Å². The predicted octanol–water partition coefficient (Wildman–Crippen LogP) is 5.09. The standard InChI is InChI=1S/C27H40O3/c1-17(6-13-25(29)20-8-9-20)23-11-12-24-19(5-4-14-27(23,24)3)7-10-21-15-22(28)16-26(30)18(21)2/h6-7,10,13,17,20,22-26,28-30H,2,4-5,8-9,11-12,14-16H2,1,3H3/b13-6+,19-7+,21-10+/t17-,22-,23+,24+,25?,26-,27+/m0/s1. The summed E-state index contributed by atoms with van der Waals surface area (Å²) in [4.78, 5) is 0. The van der Waals surface area contributed by atoms with Gasteiger partial charge in [0, 0.05) is 6.42 Å². The van der Waals surface area contributed by atoms with Gasteiger partial charge in [-0.05, 0) is 91.6 Å². The first-order valence-corrected chi connectivity index (χ1v) is 12.1. The number of hydrogen-bond donors (Lipinski definition) is 3. The molecule has 0 amide bonds. The minimum Gasteiger partial charge on any atom is -0.393 e. The molecule has 0 aromatic rings. The van der Waals surface area contributed by atoms with Crippen molar-refractivity contribution in [1.29, 1.82) is 0 Å². The third-order valence-electron chi connectivity index (χ3n) is 8.65. The molecule has 0 aliphatic heterocycles. The molecule has 0 radical (unpaired) electrons. The lowest BCUT2D eigenvalue weighted by Gasteiger charge is -2.44. The van der Waals surface area contributed by atoms with E-state index in [0.29, 0.717) is 41.9 Å². The normalized spacial score (nSPS) is 42.1. The highest BCUT2D eigenvalue weighted by molar-refractivity contribution is 5.38. The average Bonchev–Trinajstić information content (AvgIpc) is 3.49. The molecule has 0 saturated heterocycles. The second-order valence-corrected chi connectivity index (χ2v) is 10.7. The van der Waals surface area contributed by atoms with E-state index < -0.39 is 12.2 Å². The second kappa shape index (κ2) is 8.76.